The lowest BCUT2D eigenvalue weighted by molar-refractivity contribution is -0.139. The number of nitrogens with zero attached hydrogens (tertiary/aromatic N) is 1. The molecule has 1 N–H and O–H groups in total. The molecule has 37 heavy (non-hydrogen) atoms. The predicted octanol–water partition coefficient (Wildman–Crippen LogP) is 5.85. The van der Waals surface area contributed by atoms with Gasteiger partial charge in [-0.2, -0.15) is 0 Å². The molecule has 0 aliphatic carbocycles. The van der Waals surface area contributed by atoms with Gasteiger partial charge in [-0.15, -0.1) is 0 Å². The van der Waals surface area contributed by atoms with E-state index < -0.39 is 17.7 Å². The third kappa shape index (κ3) is 5.69. The maximum absolute atomic E-state index is 13.3. The molecule has 1 aliphatic rings. The number of unbranched alkanes of at least 4 members (excludes halogenated alkanes) is 1. The highest BCUT2D eigenvalue weighted by Gasteiger charge is 2.46. The Kier molecular flexibility index (Phi) is 8.29. The van der Waals surface area contributed by atoms with Crippen LogP contribution in [0, 0.1) is 6.92 Å². The quantitative estimate of drug-likeness (QED) is 0.164. The monoisotopic (exact) mass is 499 g/mol. The maximum atomic E-state index is 13.3. The lowest BCUT2D eigenvalue weighted by Gasteiger charge is -2.26. The fraction of sp³-hybridized carbons (Fsp3) is 0.290. The number of hydrogen-bond acceptors (Lipinski definition) is 5. The highest BCUT2D eigenvalue weighted by molar-refractivity contribution is 6.46. The second-order valence-corrected chi connectivity index (χ2v) is 9.21. The Morgan fingerprint density at radius 1 is 0.973 bits per heavy atom. The normalized spacial score (nSPS) is 16.7. The minimum Gasteiger partial charge on any atom is -0.507 e. The van der Waals surface area contributed by atoms with Crippen LogP contribution in [0.1, 0.15) is 48.1 Å². The van der Waals surface area contributed by atoms with Crippen LogP contribution in [-0.2, 0) is 16.0 Å². The van der Waals surface area contributed by atoms with Crippen molar-refractivity contribution in [3.8, 4) is 11.5 Å². The molecule has 192 valence electrons. The lowest BCUT2D eigenvalue weighted by atomic mass is 9.94. The van der Waals surface area contributed by atoms with Gasteiger partial charge in [0, 0.05) is 12.1 Å². The van der Waals surface area contributed by atoms with Gasteiger partial charge >= 0.3 is 0 Å². The Hall–Kier alpha value is -4.06. The van der Waals surface area contributed by atoms with Crippen molar-refractivity contribution in [1.82, 2.24) is 4.90 Å². The number of carbonyl (C=O) groups excluding carboxylic acids is 2. The second-order valence-electron chi connectivity index (χ2n) is 9.21. The molecule has 1 unspecified atom stereocenters. The number of amides is 1. The molecule has 3 aromatic carbocycles. The molecular weight excluding hydrogens is 466 g/mol. The molecule has 6 nitrogen and oxygen atoms in total. The Bertz CT molecular complexity index is 1280. The van der Waals surface area contributed by atoms with Crippen LogP contribution >= 0.6 is 0 Å². The number of aliphatic hydroxyl groups is 1. The summed E-state index contributed by atoms with van der Waals surface area (Å²) in [7, 11) is 1.56. The van der Waals surface area contributed by atoms with Gasteiger partial charge in [0.25, 0.3) is 11.7 Å². The third-order valence-corrected chi connectivity index (χ3v) is 6.61. The Morgan fingerprint density at radius 3 is 2.38 bits per heavy atom. The lowest BCUT2D eigenvalue weighted by Crippen LogP contribution is -2.31. The van der Waals surface area contributed by atoms with E-state index >= 15 is 0 Å². The number of ketones is 1. The van der Waals surface area contributed by atoms with Crippen LogP contribution < -0.4 is 9.47 Å². The van der Waals surface area contributed by atoms with Crippen LogP contribution in [0.25, 0.3) is 5.76 Å². The molecular formula is C31H33NO5. The van der Waals surface area contributed by atoms with Crippen molar-refractivity contribution in [2.24, 2.45) is 0 Å². The van der Waals surface area contributed by atoms with E-state index in [1.54, 1.807) is 36.3 Å². The van der Waals surface area contributed by atoms with E-state index in [1.165, 1.54) is 0 Å². The van der Waals surface area contributed by atoms with Gasteiger partial charge < -0.3 is 19.5 Å². The molecule has 1 atom stereocenters. The number of methoxy groups -OCH3 is 1. The number of aryl methyl sites for hydroxylation is 1. The summed E-state index contributed by atoms with van der Waals surface area (Å²) in [5.41, 5.74) is 3.31. The van der Waals surface area contributed by atoms with Crippen molar-refractivity contribution in [2.75, 3.05) is 20.3 Å². The number of aliphatic hydroxyl groups excluding tert-OH is 1. The second kappa shape index (κ2) is 11.8. The number of benzene rings is 3. The summed E-state index contributed by atoms with van der Waals surface area (Å²) >= 11 is 0. The molecule has 1 saturated heterocycles. The summed E-state index contributed by atoms with van der Waals surface area (Å²) in [4.78, 5) is 28.1. The highest BCUT2D eigenvalue weighted by Crippen LogP contribution is 2.42. The molecule has 0 radical (unpaired) electrons. The number of Topliss-reactive ketones (excluding diaryl/α,β-unsaturated/α-hetero) is 1. The molecule has 1 heterocycles. The van der Waals surface area contributed by atoms with E-state index in [0.717, 1.165) is 24.0 Å². The zero-order valence-electron chi connectivity index (χ0n) is 21.6. The topological polar surface area (TPSA) is 76.1 Å². The van der Waals surface area contributed by atoms with Crippen LogP contribution in [0.15, 0.2) is 78.4 Å². The van der Waals surface area contributed by atoms with E-state index in [0.29, 0.717) is 42.2 Å². The van der Waals surface area contributed by atoms with Crippen molar-refractivity contribution < 1.29 is 24.2 Å². The van der Waals surface area contributed by atoms with Gasteiger partial charge in [0.15, 0.2) is 11.5 Å². The fourth-order valence-corrected chi connectivity index (χ4v) is 4.52. The number of rotatable bonds is 10. The number of carbonyl (C=O) groups is 2. The summed E-state index contributed by atoms with van der Waals surface area (Å²) in [6, 6.07) is 21.7. The van der Waals surface area contributed by atoms with E-state index in [9.17, 15) is 14.7 Å². The average Bonchev–Trinajstić information content (AvgIpc) is 3.17. The Labute approximate surface area is 218 Å². The maximum Gasteiger partial charge on any atom is 0.295 e. The largest absolute Gasteiger partial charge is 0.507 e. The first-order valence-corrected chi connectivity index (χ1v) is 12.6. The van der Waals surface area contributed by atoms with Crippen molar-refractivity contribution in [3.05, 3.63) is 101 Å². The molecule has 0 spiro atoms. The van der Waals surface area contributed by atoms with Gasteiger partial charge in [-0.05, 0) is 43.0 Å². The van der Waals surface area contributed by atoms with Crippen LogP contribution in [0.2, 0.25) is 0 Å². The SMILES string of the molecule is CCCCOc1ccc(C2/C(=C(\O)c3ccc(C)cc3)C(=O)C(=O)N2CCc2ccccc2)cc1OC. The van der Waals surface area contributed by atoms with Gasteiger partial charge in [-0.3, -0.25) is 9.59 Å². The summed E-state index contributed by atoms with van der Waals surface area (Å²) < 4.78 is 11.5. The summed E-state index contributed by atoms with van der Waals surface area (Å²) in [6.07, 6.45) is 2.50. The number of likely N-dealkylation sites (tertiary alicyclic amines) is 1. The van der Waals surface area contributed by atoms with Crippen LogP contribution in [-0.4, -0.2) is 42.0 Å². The fourth-order valence-electron chi connectivity index (χ4n) is 4.52. The van der Waals surface area contributed by atoms with Crippen LogP contribution in [0.5, 0.6) is 11.5 Å². The minimum absolute atomic E-state index is 0.0728. The van der Waals surface area contributed by atoms with E-state index in [1.807, 2.05) is 55.5 Å². The first-order chi connectivity index (χ1) is 17.9. The first kappa shape index (κ1) is 26.0. The number of hydrogen-bond donors (Lipinski definition) is 1. The van der Waals surface area contributed by atoms with E-state index in [4.69, 9.17) is 9.47 Å². The zero-order chi connectivity index (χ0) is 26.4. The molecule has 4 rings (SSSR count). The van der Waals surface area contributed by atoms with Crippen molar-refractivity contribution in [1.29, 1.82) is 0 Å². The van der Waals surface area contributed by atoms with E-state index in [2.05, 4.69) is 6.92 Å². The summed E-state index contributed by atoms with van der Waals surface area (Å²) in [6.45, 7) is 4.93. The van der Waals surface area contributed by atoms with Crippen molar-refractivity contribution in [3.63, 3.8) is 0 Å². The molecule has 1 aliphatic heterocycles. The summed E-state index contributed by atoms with van der Waals surface area (Å²) in [5.74, 6) is -0.403. The van der Waals surface area contributed by atoms with Crippen LogP contribution in [0.4, 0.5) is 0 Å². The van der Waals surface area contributed by atoms with E-state index in [-0.39, 0.29) is 11.3 Å². The minimum atomic E-state index is -0.761. The molecule has 6 heteroatoms. The highest BCUT2D eigenvalue weighted by atomic mass is 16.5. The molecule has 1 fully saturated rings. The Morgan fingerprint density at radius 2 is 1.70 bits per heavy atom. The third-order valence-electron chi connectivity index (χ3n) is 6.61. The standard InChI is InChI=1S/C31H33NO5/c1-4-5-19-37-25-16-15-24(20-26(25)36-3)28-27(29(33)23-13-11-21(2)12-14-23)30(34)31(35)32(28)18-17-22-9-7-6-8-10-22/h6-16,20,28,33H,4-5,17-19H2,1-3H3/b29-27+. The first-order valence-electron chi connectivity index (χ1n) is 12.6. The summed E-state index contributed by atoms with van der Waals surface area (Å²) in [5, 5.41) is 11.3. The molecule has 3 aromatic rings. The van der Waals surface area contributed by atoms with Gasteiger partial charge in [-0.25, -0.2) is 0 Å². The van der Waals surface area contributed by atoms with Crippen molar-refractivity contribution >= 4 is 17.4 Å². The molecule has 1 amide bonds. The van der Waals surface area contributed by atoms with Gasteiger partial charge in [0.05, 0.1) is 25.3 Å². The van der Waals surface area contributed by atoms with Crippen LogP contribution in [0.3, 0.4) is 0 Å². The smallest absolute Gasteiger partial charge is 0.295 e. The zero-order valence-corrected chi connectivity index (χ0v) is 21.6. The molecule has 0 aromatic heterocycles. The van der Waals surface area contributed by atoms with Gasteiger partial charge in [-0.1, -0.05) is 79.6 Å². The average molecular weight is 500 g/mol. The molecule has 0 bridgehead atoms. The Balaban J connectivity index is 1.77. The van der Waals surface area contributed by atoms with Gasteiger partial charge in [0.1, 0.15) is 5.76 Å². The van der Waals surface area contributed by atoms with Gasteiger partial charge in [0.2, 0.25) is 0 Å². The predicted molar refractivity (Wildman–Crippen MR) is 144 cm³/mol. The number of ether oxygens (including phenoxy) is 2. The van der Waals surface area contributed by atoms with Crippen molar-refractivity contribution in [2.45, 2.75) is 39.2 Å². The molecule has 0 saturated carbocycles.